The largest absolute Gasteiger partial charge is 0.435 e. The second kappa shape index (κ2) is 6.70. The first-order chi connectivity index (χ1) is 8.81. The van der Waals surface area contributed by atoms with Crippen molar-refractivity contribution in [2.24, 2.45) is 0 Å². The third kappa shape index (κ3) is 5.87. The van der Waals surface area contributed by atoms with Gasteiger partial charge < -0.3 is 10.1 Å². The summed E-state index contributed by atoms with van der Waals surface area (Å²) in [5, 5.41) is 2.73. The molecule has 108 valence electrons. The molecule has 0 bridgehead atoms. The molecule has 0 spiro atoms. The third-order valence-corrected chi connectivity index (χ3v) is 2.55. The van der Waals surface area contributed by atoms with Crippen molar-refractivity contribution in [1.82, 2.24) is 5.32 Å². The van der Waals surface area contributed by atoms with E-state index in [2.05, 4.69) is 10.1 Å². The van der Waals surface area contributed by atoms with Crippen molar-refractivity contribution < 1.29 is 26.7 Å². The molecule has 1 rings (SSSR count). The summed E-state index contributed by atoms with van der Waals surface area (Å²) in [6.07, 6.45) is -5.36. The van der Waals surface area contributed by atoms with Crippen LogP contribution in [0.3, 0.4) is 0 Å². The van der Waals surface area contributed by atoms with Crippen LogP contribution in [0.25, 0.3) is 0 Å². The van der Waals surface area contributed by atoms with Crippen LogP contribution < -0.4 is 10.1 Å². The SMILES string of the molecule is CNC(CCC(F)(F)F)c1cccc(OC(F)F)c1. The van der Waals surface area contributed by atoms with Gasteiger partial charge in [0.25, 0.3) is 0 Å². The van der Waals surface area contributed by atoms with Crippen LogP contribution in [0.4, 0.5) is 22.0 Å². The van der Waals surface area contributed by atoms with Gasteiger partial charge in [-0.25, -0.2) is 0 Å². The molecule has 0 fully saturated rings. The summed E-state index contributed by atoms with van der Waals surface area (Å²) < 4.78 is 64.8. The minimum absolute atomic E-state index is 0.0697. The van der Waals surface area contributed by atoms with Crippen molar-refractivity contribution in [2.75, 3.05) is 7.05 Å². The molecule has 7 heteroatoms. The van der Waals surface area contributed by atoms with E-state index >= 15 is 0 Å². The normalized spacial score (nSPS) is 13.6. The average molecular weight is 283 g/mol. The van der Waals surface area contributed by atoms with Crippen molar-refractivity contribution in [3.8, 4) is 5.75 Å². The van der Waals surface area contributed by atoms with Crippen LogP contribution in [0.1, 0.15) is 24.4 Å². The Kier molecular flexibility index (Phi) is 5.53. The second-order valence-electron chi connectivity index (χ2n) is 3.95. The molecule has 2 nitrogen and oxygen atoms in total. The monoisotopic (exact) mass is 283 g/mol. The topological polar surface area (TPSA) is 21.3 Å². The van der Waals surface area contributed by atoms with Crippen LogP contribution in [0.15, 0.2) is 24.3 Å². The molecule has 1 aromatic carbocycles. The molecule has 0 amide bonds. The molecule has 0 aliphatic heterocycles. The molecule has 19 heavy (non-hydrogen) atoms. The van der Waals surface area contributed by atoms with Gasteiger partial charge in [-0.3, -0.25) is 0 Å². The summed E-state index contributed by atoms with van der Waals surface area (Å²) in [7, 11) is 1.52. The van der Waals surface area contributed by atoms with Crippen LogP contribution in [-0.4, -0.2) is 19.8 Å². The minimum atomic E-state index is -4.24. The van der Waals surface area contributed by atoms with Gasteiger partial charge in [0, 0.05) is 12.5 Å². The summed E-state index contributed by atoms with van der Waals surface area (Å²) in [6, 6.07) is 5.10. The van der Waals surface area contributed by atoms with Crippen LogP contribution in [0.2, 0.25) is 0 Å². The Bertz CT molecular complexity index is 394. The predicted octanol–water partition coefficient (Wildman–Crippen LogP) is 3.89. The van der Waals surface area contributed by atoms with Gasteiger partial charge in [-0.2, -0.15) is 22.0 Å². The Balaban J connectivity index is 2.75. The van der Waals surface area contributed by atoms with E-state index in [1.807, 2.05) is 0 Å². The number of benzene rings is 1. The highest BCUT2D eigenvalue weighted by molar-refractivity contribution is 5.30. The van der Waals surface area contributed by atoms with Crippen molar-refractivity contribution in [3.63, 3.8) is 0 Å². The fourth-order valence-electron chi connectivity index (χ4n) is 1.69. The van der Waals surface area contributed by atoms with Gasteiger partial charge >= 0.3 is 12.8 Å². The smallest absolute Gasteiger partial charge is 0.389 e. The van der Waals surface area contributed by atoms with E-state index in [9.17, 15) is 22.0 Å². The lowest BCUT2D eigenvalue weighted by atomic mass is 10.0. The highest BCUT2D eigenvalue weighted by atomic mass is 19.4. The first-order valence-corrected chi connectivity index (χ1v) is 5.60. The van der Waals surface area contributed by atoms with Crippen LogP contribution in [0.5, 0.6) is 5.75 Å². The van der Waals surface area contributed by atoms with Crippen molar-refractivity contribution >= 4 is 0 Å². The lowest BCUT2D eigenvalue weighted by Gasteiger charge is -2.18. The van der Waals surface area contributed by atoms with Gasteiger partial charge in [0.1, 0.15) is 5.75 Å². The van der Waals surface area contributed by atoms with Crippen molar-refractivity contribution in [2.45, 2.75) is 31.7 Å². The Morgan fingerprint density at radius 3 is 2.47 bits per heavy atom. The Hall–Kier alpha value is -1.37. The second-order valence-corrected chi connectivity index (χ2v) is 3.95. The third-order valence-electron chi connectivity index (χ3n) is 2.55. The number of ether oxygens (including phenoxy) is 1. The predicted molar refractivity (Wildman–Crippen MR) is 60.2 cm³/mol. The Morgan fingerprint density at radius 2 is 1.95 bits per heavy atom. The van der Waals surface area contributed by atoms with Crippen LogP contribution in [0, 0.1) is 0 Å². The maximum absolute atomic E-state index is 12.2. The Labute approximate surface area is 107 Å². The standard InChI is InChI=1S/C12H14F5NO/c1-18-10(5-6-12(15,16)17)8-3-2-4-9(7-8)19-11(13)14/h2-4,7,10-11,18H,5-6H2,1H3. The molecule has 1 atom stereocenters. The van der Waals surface area contributed by atoms with E-state index < -0.39 is 25.3 Å². The zero-order valence-corrected chi connectivity index (χ0v) is 10.2. The fraction of sp³-hybridized carbons (Fsp3) is 0.500. The number of hydrogen-bond donors (Lipinski definition) is 1. The van der Waals surface area contributed by atoms with Gasteiger partial charge in [-0.1, -0.05) is 12.1 Å². The lowest BCUT2D eigenvalue weighted by Crippen LogP contribution is -2.19. The molecule has 1 aromatic rings. The minimum Gasteiger partial charge on any atom is -0.435 e. The van der Waals surface area contributed by atoms with E-state index in [1.165, 1.54) is 25.2 Å². The first-order valence-electron chi connectivity index (χ1n) is 5.60. The molecule has 0 aromatic heterocycles. The molecule has 1 unspecified atom stereocenters. The number of hydrogen-bond acceptors (Lipinski definition) is 2. The molecule has 0 aliphatic carbocycles. The number of alkyl halides is 5. The van der Waals surface area contributed by atoms with Crippen molar-refractivity contribution in [1.29, 1.82) is 0 Å². The number of nitrogens with one attached hydrogen (secondary N) is 1. The van der Waals surface area contributed by atoms with E-state index in [1.54, 1.807) is 6.07 Å². The summed E-state index contributed by atoms with van der Waals surface area (Å²) in [5.41, 5.74) is 0.477. The van der Waals surface area contributed by atoms with E-state index in [0.29, 0.717) is 5.56 Å². The lowest BCUT2D eigenvalue weighted by molar-refractivity contribution is -0.136. The zero-order chi connectivity index (χ0) is 14.5. The van der Waals surface area contributed by atoms with Gasteiger partial charge in [-0.05, 0) is 31.2 Å². The van der Waals surface area contributed by atoms with E-state index in [4.69, 9.17) is 0 Å². The van der Waals surface area contributed by atoms with Crippen LogP contribution in [-0.2, 0) is 0 Å². The van der Waals surface area contributed by atoms with E-state index in [0.717, 1.165) is 0 Å². The first kappa shape index (κ1) is 15.7. The highest BCUT2D eigenvalue weighted by Crippen LogP contribution is 2.29. The summed E-state index contributed by atoms with van der Waals surface area (Å²) in [6.45, 7) is -2.96. The molecular formula is C12H14F5NO. The summed E-state index contributed by atoms with van der Waals surface area (Å²) in [5.74, 6) is -0.0697. The molecule has 0 radical (unpaired) electrons. The molecular weight excluding hydrogens is 269 g/mol. The molecule has 0 saturated heterocycles. The van der Waals surface area contributed by atoms with Crippen LogP contribution >= 0.6 is 0 Å². The van der Waals surface area contributed by atoms with Gasteiger partial charge in [0.2, 0.25) is 0 Å². The average Bonchev–Trinajstić information content (AvgIpc) is 2.28. The molecule has 0 saturated carbocycles. The fourth-order valence-corrected chi connectivity index (χ4v) is 1.69. The van der Waals surface area contributed by atoms with Gasteiger partial charge in [0.15, 0.2) is 0 Å². The molecule has 0 aliphatic rings. The van der Waals surface area contributed by atoms with Gasteiger partial charge in [-0.15, -0.1) is 0 Å². The number of rotatable bonds is 6. The van der Waals surface area contributed by atoms with Crippen molar-refractivity contribution in [3.05, 3.63) is 29.8 Å². The van der Waals surface area contributed by atoms with E-state index in [-0.39, 0.29) is 12.2 Å². The quantitative estimate of drug-likeness (QED) is 0.800. The maximum Gasteiger partial charge on any atom is 0.389 e. The summed E-state index contributed by atoms with van der Waals surface area (Å²) >= 11 is 0. The molecule has 1 N–H and O–H groups in total. The molecule has 0 heterocycles. The maximum atomic E-state index is 12.2. The highest BCUT2D eigenvalue weighted by Gasteiger charge is 2.28. The zero-order valence-electron chi connectivity index (χ0n) is 10.2. The summed E-state index contributed by atoms with van der Waals surface area (Å²) in [4.78, 5) is 0. The van der Waals surface area contributed by atoms with Gasteiger partial charge in [0.05, 0.1) is 0 Å². The Morgan fingerprint density at radius 1 is 1.26 bits per heavy atom. The number of halogens is 5.